The van der Waals surface area contributed by atoms with Crippen LogP contribution in [0.15, 0.2) is 35.5 Å². The standard InChI is InChI=1S/C16H21N5O3S/c1-11(14(22)18-15(17)23)25-16-20-19-13(21(16)8-9-24-2)10-12-6-4-3-5-7-12/h3-7,11H,8-10H2,1-2H3,(H3,17,18,22,23)/t11-/m1/s1. The predicted octanol–water partition coefficient (Wildman–Crippen LogP) is 1.19. The third-order valence-electron chi connectivity index (χ3n) is 3.42. The van der Waals surface area contributed by atoms with Gasteiger partial charge in [-0.25, -0.2) is 4.79 Å². The zero-order chi connectivity index (χ0) is 18.2. The molecule has 134 valence electrons. The monoisotopic (exact) mass is 363 g/mol. The van der Waals surface area contributed by atoms with Crippen molar-refractivity contribution in [2.75, 3.05) is 13.7 Å². The second-order valence-electron chi connectivity index (χ2n) is 5.32. The summed E-state index contributed by atoms with van der Waals surface area (Å²) in [6, 6.07) is 9.06. The summed E-state index contributed by atoms with van der Waals surface area (Å²) in [5.41, 5.74) is 6.10. The van der Waals surface area contributed by atoms with Crippen LogP contribution in [0.1, 0.15) is 18.3 Å². The number of primary amides is 1. The van der Waals surface area contributed by atoms with Crippen LogP contribution < -0.4 is 11.1 Å². The quantitative estimate of drug-likeness (QED) is 0.681. The zero-order valence-corrected chi connectivity index (χ0v) is 15.0. The SMILES string of the molecule is COCCn1c(Cc2ccccc2)nnc1S[C@H](C)C(=O)NC(N)=O. The van der Waals surface area contributed by atoms with Crippen LogP contribution in [0.2, 0.25) is 0 Å². The number of urea groups is 1. The molecule has 0 aliphatic rings. The second-order valence-corrected chi connectivity index (χ2v) is 6.63. The molecule has 0 bridgehead atoms. The van der Waals surface area contributed by atoms with Gasteiger partial charge < -0.3 is 15.0 Å². The molecule has 3 amide bonds. The number of nitrogens with one attached hydrogen (secondary N) is 1. The number of carbonyl (C=O) groups is 2. The Labute approximate surface area is 150 Å². The number of nitrogens with zero attached hydrogens (tertiary/aromatic N) is 3. The minimum absolute atomic E-state index is 0.469. The van der Waals surface area contributed by atoms with Crippen molar-refractivity contribution in [2.45, 2.75) is 30.3 Å². The van der Waals surface area contributed by atoms with Gasteiger partial charge in [-0.2, -0.15) is 0 Å². The highest BCUT2D eigenvalue weighted by atomic mass is 32.2. The van der Waals surface area contributed by atoms with Crippen LogP contribution in [0, 0.1) is 0 Å². The van der Waals surface area contributed by atoms with Gasteiger partial charge in [-0.1, -0.05) is 42.1 Å². The highest BCUT2D eigenvalue weighted by Gasteiger charge is 2.21. The molecule has 0 radical (unpaired) electrons. The first kappa shape index (κ1) is 18.9. The number of nitrogens with two attached hydrogens (primary N) is 1. The summed E-state index contributed by atoms with van der Waals surface area (Å²) in [5.74, 6) is 0.316. The van der Waals surface area contributed by atoms with E-state index in [1.54, 1.807) is 14.0 Å². The molecule has 0 unspecified atom stereocenters. The van der Waals surface area contributed by atoms with E-state index in [0.717, 1.165) is 11.4 Å². The Kier molecular flexibility index (Phi) is 6.96. The van der Waals surface area contributed by atoms with Crippen molar-refractivity contribution < 1.29 is 14.3 Å². The number of hydrogen-bond acceptors (Lipinski definition) is 6. The van der Waals surface area contributed by atoms with Crippen LogP contribution in [-0.4, -0.2) is 45.7 Å². The van der Waals surface area contributed by atoms with Gasteiger partial charge in [0, 0.05) is 20.1 Å². The second kappa shape index (κ2) is 9.19. The third-order valence-corrected chi connectivity index (χ3v) is 4.50. The number of imide groups is 1. The maximum absolute atomic E-state index is 11.9. The van der Waals surface area contributed by atoms with Gasteiger partial charge in [-0.05, 0) is 12.5 Å². The molecule has 1 heterocycles. The van der Waals surface area contributed by atoms with Gasteiger partial charge in [0.2, 0.25) is 5.91 Å². The van der Waals surface area contributed by atoms with E-state index < -0.39 is 17.2 Å². The molecule has 0 saturated heterocycles. The summed E-state index contributed by atoms with van der Waals surface area (Å²) in [4.78, 5) is 22.7. The van der Waals surface area contributed by atoms with E-state index in [1.165, 1.54) is 11.8 Å². The minimum atomic E-state index is -0.872. The molecule has 0 spiro atoms. The van der Waals surface area contributed by atoms with Crippen LogP contribution in [0.3, 0.4) is 0 Å². The fourth-order valence-corrected chi connectivity index (χ4v) is 3.05. The highest BCUT2D eigenvalue weighted by molar-refractivity contribution is 8.00. The molecular formula is C16H21N5O3S. The number of methoxy groups -OCH3 is 1. The van der Waals surface area contributed by atoms with Gasteiger partial charge in [0.25, 0.3) is 0 Å². The summed E-state index contributed by atoms with van der Waals surface area (Å²) in [6.45, 7) is 2.74. The molecule has 0 saturated carbocycles. The lowest BCUT2D eigenvalue weighted by atomic mass is 10.1. The fourth-order valence-electron chi connectivity index (χ4n) is 2.16. The number of benzene rings is 1. The van der Waals surface area contributed by atoms with Crippen LogP contribution in [0.25, 0.3) is 0 Å². The van der Waals surface area contributed by atoms with Crippen molar-refractivity contribution in [3.63, 3.8) is 0 Å². The first-order valence-electron chi connectivity index (χ1n) is 7.73. The van der Waals surface area contributed by atoms with Crippen molar-refractivity contribution in [1.29, 1.82) is 0 Å². The smallest absolute Gasteiger partial charge is 0.318 e. The fraction of sp³-hybridized carbons (Fsp3) is 0.375. The lowest BCUT2D eigenvalue weighted by Crippen LogP contribution is -2.39. The number of rotatable bonds is 8. The number of amides is 3. The maximum atomic E-state index is 11.9. The molecule has 0 fully saturated rings. The predicted molar refractivity (Wildman–Crippen MR) is 94.2 cm³/mol. The molecule has 3 N–H and O–H groups in total. The van der Waals surface area contributed by atoms with E-state index in [0.29, 0.717) is 24.7 Å². The van der Waals surface area contributed by atoms with Crippen molar-refractivity contribution in [3.05, 3.63) is 41.7 Å². The van der Waals surface area contributed by atoms with Gasteiger partial charge >= 0.3 is 6.03 Å². The van der Waals surface area contributed by atoms with Gasteiger partial charge in [0.05, 0.1) is 11.9 Å². The topological polar surface area (TPSA) is 112 Å². The van der Waals surface area contributed by atoms with Crippen molar-refractivity contribution in [3.8, 4) is 0 Å². The Bertz CT molecular complexity index is 720. The van der Waals surface area contributed by atoms with Crippen LogP contribution in [-0.2, 0) is 22.5 Å². The summed E-state index contributed by atoms with van der Waals surface area (Å²) in [5, 5.41) is 10.6. The van der Waals surface area contributed by atoms with E-state index in [-0.39, 0.29) is 0 Å². The number of hydrogen-bond donors (Lipinski definition) is 2. The van der Waals surface area contributed by atoms with Crippen molar-refractivity contribution in [2.24, 2.45) is 5.73 Å². The molecule has 9 heteroatoms. The first-order valence-corrected chi connectivity index (χ1v) is 8.61. The number of thioether (sulfide) groups is 1. The molecule has 1 aromatic heterocycles. The van der Waals surface area contributed by atoms with Gasteiger partial charge in [-0.15, -0.1) is 10.2 Å². The van der Waals surface area contributed by atoms with E-state index in [4.69, 9.17) is 10.5 Å². The number of ether oxygens (including phenoxy) is 1. The number of aromatic nitrogens is 3. The molecular weight excluding hydrogens is 342 g/mol. The summed E-state index contributed by atoms with van der Waals surface area (Å²) >= 11 is 1.22. The van der Waals surface area contributed by atoms with Crippen molar-refractivity contribution in [1.82, 2.24) is 20.1 Å². The van der Waals surface area contributed by atoms with Gasteiger partial charge in [0.15, 0.2) is 5.16 Å². The largest absolute Gasteiger partial charge is 0.383 e. The lowest BCUT2D eigenvalue weighted by Gasteiger charge is -2.12. The molecule has 2 aromatic rings. The van der Waals surface area contributed by atoms with Crippen molar-refractivity contribution >= 4 is 23.7 Å². The van der Waals surface area contributed by atoms with Crippen LogP contribution >= 0.6 is 11.8 Å². The summed E-state index contributed by atoms with van der Waals surface area (Å²) in [7, 11) is 1.62. The Hall–Kier alpha value is -2.39. The Balaban J connectivity index is 2.16. The molecule has 1 atom stereocenters. The average molecular weight is 363 g/mol. The first-order chi connectivity index (χ1) is 12.0. The summed E-state index contributed by atoms with van der Waals surface area (Å²) in [6.07, 6.45) is 0.625. The number of carbonyl (C=O) groups excluding carboxylic acids is 2. The Morgan fingerprint density at radius 1 is 1.32 bits per heavy atom. The highest BCUT2D eigenvalue weighted by Crippen LogP contribution is 2.23. The van der Waals surface area contributed by atoms with Gasteiger partial charge in [-0.3, -0.25) is 10.1 Å². The third kappa shape index (κ3) is 5.57. The zero-order valence-electron chi connectivity index (χ0n) is 14.1. The van der Waals surface area contributed by atoms with Crippen LogP contribution in [0.4, 0.5) is 4.79 Å². The Morgan fingerprint density at radius 2 is 2.04 bits per heavy atom. The minimum Gasteiger partial charge on any atom is -0.383 e. The Morgan fingerprint density at radius 3 is 2.68 bits per heavy atom. The van der Waals surface area contributed by atoms with E-state index in [1.807, 2.05) is 34.9 Å². The summed E-state index contributed by atoms with van der Waals surface area (Å²) < 4.78 is 7.08. The molecule has 0 aliphatic carbocycles. The van der Waals surface area contributed by atoms with E-state index in [9.17, 15) is 9.59 Å². The van der Waals surface area contributed by atoms with E-state index in [2.05, 4.69) is 15.5 Å². The average Bonchev–Trinajstić information content (AvgIpc) is 2.94. The normalized spacial score (nSPS) is 11.9. The van der Waals surface area contributed by atoms with Crippen LogP contribution in [0.5, 0.6) is 0 Å². The van der Waals surface area contributed by atoms with Gasteiger partial charge in [0.1, 0.15) is 5.82 Å². The molecule has 2 rings (SSSR count). The molecule has 0 aliphatic heterocycles. The van der Waals surface area contributed by atoms with E-state index >= 15 is 0 Å². The lowest BCUT2D eigenvalue weighted by molar-refractivity contribution is -0.119. The molecule has 25 heavy (non-hydrogen) atoms. The molecule has 1 aromatic carbocycles. The molecule has 8 nitrogen and oxygen atoms in total. The maximum Gasteiger partial charge on any atom is 0.318 e.